The summed E-state index contributed by atoms with van der Waals surface area (Å²) in [6.45, 7) is 4.71. The van der Waals surface area contributed by atoms with Gasteiger partial charge in [-0.1, -0.05) is 12.1 Å². The normalized spacial score (nSPS) is 11.9. The smallest absolute Gasteiger partial charge is 0.139 e. The second-order valence-corrected chi connectivity index (χ2v) is 2.92. The molecule has 0 aromatic carbocycles. The molecule has 14 heavy (non-hydrogen) atoms. The molecular weight excluding hydrogens is 184 g/mol. The summed E-state index contributed by atoms with van der Waals surface area (Å²) >= 11 is 0. The first-order valence-corrected chi connectivity index (χ1v) is 4.93. The Labute approximate surface area is 84.9 Å². The van der Waals surface area contributed by atoms with Gasteiger partial charge in [0.15, 0.2) is 0 Å². The molecule has 0 aliphatic carbocycles. The third-order valence-corrected chi connectivity index (χ3v) is 1.57. The van der Waals surface area contributed by atoms with Gasteiger partial charge in [-0.3, -0.25) is 0 Å². The van der Waals surface area contributed by atoms with E-state index in [1.54, 1.807) is 0 Å². The van der Waals surface area contributed by atoms with Crippen LogP contribution in [0.1, 0.15) is 26.2 Å². The molecule has 0 fully saturated rings. The van der Waals surface area contributed by atoms with E-state index in [4.69, 9.17) is 20.4 Å². The lowest BCUT2D eigenvalue weighted by Gasteiger charge is -2.04. The number of amidine groups is 1. The largest absolute Gasteiger partial charge is 0.409 e. The van der Waals surface area contributed by atoms with Gasteiger partial charge in [0.25, 0.3) is 0 Å². The van der Waals surface area contributed by atoms with Gasteiger partial charge in [-0.15, -0.1) is 0 Å². The average Bonchev–Trinajstić information content (AvgIpc) is 2.21. The minimum atomic E-state index is 0.246. The van der Waals surface area contributed by atoms with E-state index in [1.807, 2.05) is 0 Å². The Balaban J connectivity index is 2.99. The Morgan fingerprint density at radius 3 is 2.43 bits per heavy atom. The second kappa shape index (κ2) is 10.3. The molecule has 0 aliphatic rings. The molecule has 3 N–H and O–H groups in total. The summed E-state index contributed by atoms with van der Waals surface area (Å²) in [6, 6.07) is 0. The quantitative estimate of drug-likeness (QED) is 0.193. The summed E-state index contributed by atoms with van der Waals surface area (Å²) in [4.78, 5) is 0. The van der Waals surface area contributed by atoms with Gasteiger partial charge in [0, 0.05) is 19.6 Å². The number of oxime groups is 1. The van der Waals surface area contributed by atoms with Gasteiger partial charge >= 0.3 is 0 Å². The second-order valence-electron chi connectivity index (χ2n) is 2.92. The first-order valence-electron chi connectivity index (χ1n) is 4.93. The summed E-state index contributed by atoms with van der Waals surface area (Å²) in [5.74, 6) is 0.246. The van der Waals surface area contributed by atoms with Crippen LogP contribution in [0.25, 0.3) is 0 Å². The van der Waals surface area contributed by atoms with Gasteiger partial charge in [0.05, 0.1) is 13.2 Å². The van der Waals surface area contributed by atoms with Crippen molar-refractivity contribution in [2.75, 3.05) is 26.4 Å². The fourth-order valence-electron chi connectivity index (χ4n) is 0.872. The van der Waals surface area contributed by atoms with E-state index in [1.165, 1.54) is 0 Å². The van der Waals surface area contributed by atoms with Crippen LogP contribution in [0.2, 0.25) is 0 Å². The minimum Gasteiger partial charge on any atom is -0.409 e. The van der Waals surface area contributed by atoms with Crippen LogP contribution in [0.5, 0.6) is 0 Å². The Morgan fingerprint density at radius 2 is 1.86 bits per heavy atom. The van der Waals surface area contributed by atoms with Crippen LogP contribution in [0.15, 0.2) is 5.16 Å². The van der Waals surface area contributed by atoms with Crippen molar-refractivity contribution < 1.29 is 14.7 Å². The van der Waals surface area contributed by atoms with Gasteiger partial charge in [-0.2, -0.15) is 0 Å². The van der Waals surface area contributed by atoms with Crippen molar-refractivity contribution >= 4 is 5.84 Å². The number of hydrogen-bond donors (Lipinski definition) is 2. The highest BCUT2D eigenvalue weighted by Crippen LogP contribution is 1.90. The van der Waals surface area contributed by atoms with Crippen LogP contribution in [-0.2, 0) is 9.47 Å². The molecule has 0 rings (SSSR count). The van der Waals surface area contributed by atoms with E-state index < -0.39 is 0 Å². The molecule has 0 aliphatic heterocycles. The predicted molar refractivity (Wildman–Crippen MR) is 54.6 cm³/mol. The molecule has 0 saturated heterocycles. The third kappa shape index (κ3) is 9.28. The van der Waals surface area contributed by atoms with E-state index in [-0.39, 0.29) is 5.84 Å². The van der Waals surface area contributed by atoms with Crippen molar-refractivity contribution in [2.45, 2.75) is 26.2 Å². The molecule has 0 spiro atoms. The monoisotopic (exact) mass is 204 g/mol. The lowest BCUT2D eigenvalue weighted by Crippen LogP contribution is -2.13. The predicted octanol–water partition coefficient (Wildman–Crippen LogP) is 0.956. The standard InChI is InChI=1S/C9H20N2O3/c1-2-5-13-7-8-14-6-3-4-9(10)11-12/h12H,2-8H2,1H3,(H2,10,11). The Bertz CT molecular complexity index is 151. The zero-order valence-electron chi connectivity index (χ0n) is 8.74. The Hall–Kier alpha value is -0.810. The zero-order valence-corrected chi connectivity index (χ0v) is 8.74. The fourth-order valence-corrected chi connectivity index (χ4v) is 0.872. The van der Waals surface area contributed by atoms with E-state index in [9.17, 15) is 0 Å². The third-order valence-electron chi connectivity index (χ3n) is 1.57. The zero-order chi connectivity index (χ0) is 10.6. The highest BCUT2D eigenvalue weighted by atomic mass is 16.5. The Morgan fingerprint density at radius 1 is 1.21 bits per heavy atom. The van der Waals surface area contributed by atoms with Crippen molar-refractivity contribution in [3.05, 3.63) is 0 Å². The van der Waals surface area contributed by atoms with Gasteiger partial charge in [-0.25, -0.2) is 0 Å². The first kappa shape index (κ1) is 13.2. The summed E-state index contributed by atoms with van der Waals surface area (Å²) in [5.41, 5.74) is 5.27. The van der Waals surface area contributed by atoms with Crippen molar-refractivity contribution in [2.24, 2.45) is 10.9 Å². The number of rotatable bonds is 9. The maximum absolute atomic E-state index is 8.24. The highest BCUT2D eigenvalue weighted by Gasteiger charge is 1.93. The van der Waals surface area contributed by atoms with E-state index in [0.29, 0.717) is 26.2 Å². The molecule has 0 atom stereocenters. The van der Waals surface area contributed by atoms with Crippen molar-refractivity contribution in [3.63, 3.8) is 0 Å². The molecule has 0 heterocycles. The van der Waals surface area contributed by atoms with E-state index >= 15 is 0 Å². The number of nitrogens with two attached hydrogens (primary N) is 1. The van der Waals surface area contributed by atoms with Gasteiger partial charge < -0.3 is 20.4 Å². The molecule has 0 saturated carbocycles. The van der Waals surface area contributed by atoms with Gasteiger partial charge in [0.2, 0.25) is 0 Å². The Kier molecular flexibility index (Phi) is 9.68. The van der Waals surface area contributed by atoms with Crippen LogP contribution < -0.4 is 5.73 Å². The first-order chi connectivity index (χ1) is 6.81. The lowest BCUT2D eigenvalue weighted by molar-refractivity contribution is 0.0475. The molecule has 0 bridgehead atoms. The molecule has 5 heteroatoms. The van der Waals surface area contributed by atoms with Crippen LogP contribution >= 0.6 is 0 Å². The lowest BCUT2D eigenvalue weighted by atomic mass is 10.3. The summed E-state index contributed by atoms with van der Waals surface area (Å²) < 4.78 is 10.5. The summed E-state index contributed by atoms with van der Waals surface area (Å²) in [5, 5.41) is 11.1. The van der Waals surface area contributed by atoms with Crippen LogP contribution in [0, 0.1) is 0 Å². The van der Waals surface area contributed by atoms with Crippen molar-refractivity contribution in [1.29, 1.82) is 0 Å². The number of nitrogens with zero attached hydrogens (tertiary/aromatic N) is 1. The number of ether oxygens (including phenoxy) is 2. The van der Waals surface area contributed by atoms with E-state index in [0.717, 1.165) is 19.4 Å². The molecule has 0 radical (unpaired) electrons. The molecule has 0 amide bonds. The topological polar surface area (TPSA) is 77.1 Å². The average molecular weight is 204 g/mol. The molecule has 5 nitrogen and oxygen atoms in total. The molecule has 0 unspecified atom stereocenters. The van der Waals surface area contributed by atoms with E-state index in [2.05, 4.69) is 12.1 Å². The van der Waals surface area contributed by atoms with Gasteiger partial charge in [-0.05, 0) is 12.8 Å². The fraction of sp³-hybridized carbons (Fsp3) is 0.889. The molecule has 84 valence electrons. The van der Waals surface area contributed by atoms with Crippen molar-refractivity contribution in [3.8, 4) is 0 Å². The van der Waals surface area contributed by atoms with Crippen LogP contribution in [0.4, 0.5) is 0 Å². The highest BCUT2D eigenvalue weighted by molar-refractivity contribution is 5.79. The summed E-state index contributed by atoms with van der Waals surface area (Å²) in [7, 11) is 0. The SMILES string of the molecule is CCCOCCOCCCC(N)=NO. The maximum Gasteiger partial charge on any atom is 0.139 e. The van der Waals surface area contributed by atoms with Gasteiger partial charge in [0.1, 0.15) is 5.84 Å². The van der Waals surface area contributed by atoms with Crippen LogP contribution in [-0.4, -0.2) is 37.5 Å². The molecular formula is C9H20N2O3. The molecule has 0 aromatic heterocycles. The van der Waals surface area contributed by atoms with Crippen molar-refractivity contribution in [1.82, 2.24) is 0 Å². The number of hydrogen-bond acceptors (Lipinski definition) is 4. The minimum absolute atomic E-state index is 0.246. The molecule has 0 aromatic rings. The maximum atomic E-state index is 8.24. The summed E-state index contributed by atoms with van der Waals surface area (Å²) in [6.07, 6.45) is 2.36. The van der Waals surface area contributed by atoms with Crippen LogP contribution in [0.3, 0.4) is 0 Å².